The molecule has 7 nitrogen and oxygen atoms in total. The summed E-state index contributed by atoms with van der Waals surface area (Å²) in [5, 5.41) is 4.54. The molecule has 0 unspecified atom stereocenters. The fourth-order valence-electron chi connectivity index (χ4n) is 3.12. The highest BCUT2D eigenvalue weighted by molar-refractivity contribution is 6.42. The summed E-state index contributed by atoms with van der Waals surface area (Å²) in [4.78, 5) is 24.6. The molecule has 0 spiro atoms. The number of hydrogen-bond donors (Lipinski definition) is 1. The highest BCUT2D eigenvalue weighted by Crippen LogP contribution is 2.29. The Morgan fingerprint density at radius 3 is 2.44 bits per heavy atom. The summed E-state index contributed by atoms with van der Waals surface area (Å²) in [6.45, 7) is 5.94. The Kier molecular flexibility index (Phi) is 9.33. The van der Waals surface area contributed by atoms with Gasteiger partial charge in [0.1, 0.15) is 5.75 Å². The van der Waals surface area contributed by atoms with E-state index in [4.69, 9.17) is 37.4 Å². The van der Waals surface area contributed by atoms with E-state index in [0.717, 1.165) is 11.1 Å². The van der Waals surface area contributed by atoms with Crippen LogP contribution in [0.2, 0.25) is 10.0 Å². The Morgan fingerprint density at radius 1 is 0.972 bits per heavy atom. The fraction of sp³-hybridized carbons (Fsp3) is 0.222. The van der Waals surface area contributed by atoms with E-state index < -0.39 is 11.9 Å². The number of benzene rings is 3. The van der Waals surface area contributed by atoms with Gasteiger partial charge in [-0.2, -0.15) is 5.10 Å². The molecule has 0 radical (unpaired) electrons. The van der Waals surface area contributed by atoms with Crippen molar-refractivity contribution in [1.82, 2.24) is 5.43 Å². The molecule has 9 heteroatoms. The number of hydrazone groups is 1. The number of rotatable bonds is 9. The molecule has 3 rings (SSSR count). The number of aryl methyl sites for hydroxylation is 1. The topological polar surface area (TPSA) is 86.2 Å². The van der Waals surface area contributed by atoms with Crippen LogP contribution in [0.25, 0.3) is 0 Å². The number of nitrogens with zero attached hydrogens (tertiary/aromatic N) is 1. The second-order valence-electron chi connectivity index (χ2n) is 8.19. The van der Waals surface area contributed by atoms with Crippen LogP contribution in [0.5, 0.6) is 17.2 Å². The lowest BCUT2D eigenvalue weighted by molar-refractivity contribution is -0.123. The van der Waals surface area contributed by atoms with Crippen molar-refractivity contribution in [3.05, 3.63) is 86.9 Å². The van der Waals surface area contributed by atoms with E-state index in [9.17, 15) is 9.59 Å². The van der Waals surface area contributed by atoms with Crippen molar-refractivity contribution in [2.45, 2.75) is 26.7 Å². The molecule has 3 aromatic rings. The van der Waals surface area contributed by atoms with Crippen molar-refractivity contribution < 1.29 is 23.8 Å². The van der Waals surface area contributed by atoms with Crippen LogP contribution < -0.4 is 19.6 Å². The zero-order chi connectivity index (χ0) is 26.2. The Labute approximate surface area is 220 Å². The van der Waals surface area contributed by atoms with Gasteiger partial charge in [0, 0.05) is 0 Å². The van der Waals surface area contributed by atoms with Crippen LogP contribution in [-0.4, -0.2) is 31.8 Å². The van der Waals surface area contributed by atoms with Crippen molar-refractivity contribution in [1.29, 1.82) is 0 Å². The smallest absolute Gasteiger partial charge is 0.343 e. The number of carbonyl (C=O) groups is 2. The summed E-state index contributed by atoms with van der Waals surface area (Å²) in [5.41, 5.74) is 5.37. The molecule has 36 heavy (non-hydrogen) atoms. The van der Waals surface area contributed by atoms with E-state index in [2.05, 4.69) is 24.4 Å². The number of nitrogens with one attached hydrogen (secondary N) is 1. The number of hydrogen-bond acceptors (Lipinski definition) is 6. The zero-order valence-electron chi connectivity index (χ0n) is 20.3. The standard InChI is InChI=1S/C27H26Cl2N2O5/c1-16(2)19-7-5-17(3)24(13-19)35-15-26(32)31-30-14-18-6-10-23(25(11-18)34-4)36-27(33)20-8-9-21(28)22(29)12-20/h5-14,16H,15H2,1-4H3,(H,31,32). The minimum atomic E-state index is -0.616. The summed E-state index contributed by atoms with van der Waals surface area (Å²) in [6.07, 6.45) is 1.44. The van der Waals surface area contributed by atoms with Crippen LogP contribution in [-0.2, 0) is 4.79 Å². The van der Waals surface area contributed by atoms with Crippen molar-refractivity contribution in [2.75, 3.05) is 13.7 Å². The molecule has 3 aromatic carbocycles. The molecule has 0 saturated heterocycles. The van der Waals surface area contributed by atoms with Gasteiger partial charge in [-0.1, -0.05) is 49.2 Å². The Morgan fingerprint density at radius 2 is 1.75 bits per heavy atom. The van der Waals surface area contributed by atoms with Gasteiger partial charge in [-0.05, 0) is 72.0 Å². The third kappa shape index (κ3) is 7.23. The van der Waals surface area contributed by atoms with Gasteiger partial charge in [0.05, 0.1) is 28.9 Å². The monoisotopic (exact) mass is 528 g/mol. The Balaban J connectivity index is 1.58. The quantitative estimate of drug-likeness (QED) is 0.155. The maximum atomic E-state index is 12.4. The molecule has 0 aliphatic rings. The lowest BCUT2D eigenvalue weighted by Crippen LogP contribution is -2.24. The van der Waals surface area contributed by atoms with Crippen LogP contribution in [0.4, 0.5) is 0 Å². The molecule has 0 aliphatic carbocycles. The van der Waals surface area contributed by atoms with E-state index in [0.29, 0.717) is 28.0 Å². The predicted octanol–water partition coefficient (Wildman–Crippen LogP) is 6.18. The summed E-state index contributed by atoms with van der Waals surface area (Å²) in [6, 6.07) is 15.2. The van der Waals surface area contributed by atoms with Crippen LogP contribution >= 0.6 is 23.2 Å². The fourth-order valence-corrected chi connectivity index (χ4v) is 3.41. The average molecular weight is 529 g/mol. The number of esters is 1. The second-order valence-corrected chi connectivity index (χ2v) is 9.00. The normalized spacial score (nSPS) is 11.0. The third-order valence-electron chi connectivity index (χ3n) is 5.19. The average Bonchev–Trinajstić information content (AvgIpc) is 2.85. The molecule has 0 bridgehead atoms. The molecule has 0 aromatic heterocycles. The number of amides is 1. The van der Waals surface area contributed by atoms with Gasteiger partial charge >= 0.3 is 5.97 Å². The van der Waals surface area contributed by atoms with Gasteiger partial charge in [-0.25, -0.2) is 10.2 Å². The van der Waals surface area contributed by atoms with Gasteiger partial charge < -0.3 is 14.2 Å². The number of carbonyl (C=O) groups excluding carboxylic acids is 2. The number of ether oxygens (including phenoxy) is 3. The first-order valence-corrected chi connectivity index (χ1v) is 11.8. The van der Waals surface area contributed by atoms with Gasteiger partial charge in [0.15, 0.2) is 18.1 Å². The maximum Gasteiger partial charge on any atom is 0.343 e. The summed E-state index contributed by atoms with van der Waals surface area (Å²) in [7, 11) is 1.45. The predicted molar refractivity (Wildman–Crippen MR) is 141 cm³/mol. The number of halogens is 2. The first kappa shape index (κ1) is 27.0. The summed E-state index contributed by atoms with van der Waals surface area (Å²) < 4.78 is 16.4. The van der Waals surface area contributed by atoms with E-state index >= 15 is 0 Å². The highest BCUT2D eigenvalue weighted by atomic mass is 35.5. The number of methoxy groups -OCH3 is 1. The first-order chi connectivity index (χ1) is 17.2. The van der Waals surface area contributed by atoms with Gasteiger partial charge in [-0.3, -0.25) is 4.79 Å². The van der Waals surface area contributed by atoms with Gasteiger partial charge in [0.2, 0.25) is 0 Å². The van der Waals surface area contributed by atoms with Crippen LogP contribution in [0.3, 0.4) is 0 Å². The van der Waals surface area contributed by atoms with Crippen molar-refractivity contribution in [3.63, 3.8) is 0 Å². The van der Waals surface area contributed by atoms with Crippen molar-refractivity contribution in [3.8, 4) is 17.2 Å². The molecule has 0 saturated carbocycles. The van der Waals surface area contributed by atoms with Crippen LogP contribution in [0, 0.1) is 6.92 Å². The lowest BCUT2D eigenvalue weighted by Gasteiger charge is -2.12. The van der Waals surface area contributed by atoms with Gasteiger partial charge in [-0.15, -0.1) is 0 Å². The highest BCUT2D eigenvalue weighted by Gasteiger charge is 2.14. The van der Waals surface area contributed by atoms with E-state index in [1.54, 1.807) is 18.2 Å². The van der Waals surface area contributed by atoms with Crippen molar-refractivity contribution >= 4 is 41.3 Å². The zero-order valence-corrected chi connectivity index (χ0v) is 21.8. The molecule has 0 aliphatic heterocycles. The lowest BCUT2D eigenvalue weighted by atomic mass is 10.0. The second kappa shape index (κ2) is 12.4. The maximum absolute atomic E-state index is 12.4. The van der Waals surface area contributed by atoms with E-state index in [1.807, 2.05) is 25.1 Å². The van der Waals surface area contributed by atoms with Crippen LogP contribution in [0.1, 0.15) is 46.8 Å². The van der Waals surface area contributed by atoms with E-state index in [1.165, 1.54) is 31.5 Å². The first-order valence-electron chi connectivity index (χ1n) is 11.1. The molecule has 188 valence electrons. The molecule has 0 fully saturated rings. The molecule has 1 amide bonds. The van der Waals surface area contributed by atoms with E-state index in [-0.39, 0.29) is 22.9 Å². The SMILES string of the molecule is COc1cc(C=NNC(=O)COc2cc(C(C)C)ccc2C)ccc1OC(=O)c1ccc(Cl)c(Cl)c1. The van der Waals surface area contributed by atoms with Gasteiger partial charge in [0.25, 0.3) is 5.91 Å². The van der Waals surface area contributed by atoms with Crippen molar-refractivity contribution in [2.24, 2.45) is 5.10 Å². The molecular formula is C27H26Cl2N2O5. The van der Waals surface area contributed by atoms with Crippen LogP contribution in [0.15, 0.2) is 59.7 Å². The molecule has 1 N–H and O–H groups in total. The summed E-state index contributed by atoms with van der Waals surface area (Å²) in [5.74, 6) is 0.518. The molecule has 0 heterocycles. The minimum absolute atomic E-state index is 0.174. The minimum Gasteiger partial charge on any atom is -0.493 e. The molecular weight excluding hydrogens is 503 g/mol. The summed E-state index contributed by atoms with van der Waals surface area (Å²) >= 11 is 11.9. The largest absolute Gasteiger partial charge is 0.493 e. The third-order valence-corrected chi connectivity index (χ3v) is 5.93. The Bertz CT molecular complexity index is 1290. The molecule has 0 atom stereocenters. The Hall–Kier alpha value is -3.55.